The summed E-state index contributed by atoms with van der Waals surface area (Å²) in [6.07, 6.45) is 2.06. The number of hydrogen-bond donors (Lipinski definition) is 2. The predicted molar refractivity (Wildman–Crippen MR) is 97.7 cm³/mol. The molecule has 0 amide bonds. The van der Waals surface area contributed by atoms with Gasteiger partial charge in [-0.25, -0.2) is 0 Å². The molecule has 0 bridgehead atoms. The molecule has 0 fully saturated rings. The maximum Gasteiger partial charge on any atom is 0.228 e. The highest BCUT2D eigenvalue weighted by Crippen LogP contribution is 2.10. The van der Waals surface area contributed by atoms with Gasteiger partial charge in [0.2, 0.25) is 17.2 Å². The van der Waals surface area contributed by atoms with Crippen LogP contribution in [0.1, 0.15) is 25.8 Å². The van der Waals surface area contributed by atoms with Crippen molar-refractivity contribution in [3.63, 3.8) is 0 Å². The number of ether oxygens (including phenoxy) is 1. The lowest BCUT2D eigenvalue weighted by Crippen LogP contribution is -2.21. The standard InChI is InChI=1S/C17H24ClN5O/c1-3-24-13(2)12-20-17-22-15(18)21-16(23-17)19-11-7-10-14-8-5-4-6-9-14/h4-6,8-9,13H,3,7,10-12H2,1-2H3,(H2,19,20,21,22,23). The molecule has 0 spiro atoms. The molecule has 130 valence electrons. The third kappa shape index (κ3) is 6.68. The molecular formula is C17H24ClN5O. The van der Waals surface area contributed by atoms with Gasteiger partial charge < -0.3 is 15.4 Å². The lowest BCUT2D eigenvalue weighted by atomic mass is 10.1. The molecular weight excluding hydrogens is 326 g/mol. The fourth-order valence-corrected chi connectivity index (χ4v) is 2.38. The molecule has 2 rings (SSSR count). The summed E-state index contributed by atoms with van der Waals surface area (Å²) in [6, 6.07) is 10.4. The monoisotopic (exact) mass is 349 g/mol. The van der Waals surface area contributed by atoms with Gasteiger partial charge in [-0.2, -0.15) is 15.0 Å². The highest BCUT2D eigenvalue weighted by Gasteiger charge is 2.07. The van der Waals surface area contributed by atoms with Crippen LogP contribution >= 0.6 is 11.6 Å². The Morgan fingerprint density at radius 2 is 1.79 bits per heavy atom. The first kappa shape index (κ1) is 18.4. The van der Waals surface area contributed by atoms with Gasteiger partial charge in [0.15, 0.2) is 0 Å². The molecule has 7 heteroatoms. The van der Waals surface area contributed by atoms with Gasteiger partial charge in [0, 0.05) is 19.7 Å². The van der Waals surface area contributed by atoms with Crippen LogP contribution in [0.25, 0.3) is 0 Å². The van der Waals surface area contributed by atoms with E-state index in [1.807, 2.05) is 19.9 Å². The Morgan fingerprint density at radius 1 is 1.08 bits per heavy atom. The van der Waals surface area contributed by atoms with Crippen molar-refractivity contribution in [2.45, 2.75) is 32.8 Å². The zero-order valence-electron chi connectivity index (χ0n) is 14.1. The van der Waals surface area contributed by atoms with E-state index in [0.717, 1.165) is 19.4 Å². The lowest BCUT2D eigenvalue weighted by Gasteiger charge is -2.13. The minimum absolute atomic E-state index is 0.0767. The maximum absolute atomic E-state index is 5.96. The van der Waals surface area contributed by atoms with E-state index in [1.54, 1.807) is 0 Å². The molecule has 1 atom stereocenters. The van der Waals surface area contributed by atoms with Crippen LogP contribution in [0, 0.1) is 0 Å². The smallest absolute Gasteiger partial charge is 0.228 e. The Bertz CT molecular complexity index is 611. The normalized spacial score (nSPS) is 12.0. The van der Waals surface area contributed by atoms with E-state index in [2.05, 4.69) is 49.9 Å². The fraction of sp³-hybridized carbons (Fsp3) is 0.471. The number of rotatable bonds is 10. The van der Waals surface area contributed by atoms with Crippen molar-refractivity contribution in [2.24, 2.45) is 0 Å². The van der Waals surface area contributed by atoms with Crippen molar-refractivity contribution in [1.82, 2.24) is 15.0 Å². The first-order valence-electron chi connectivity index (χ1n) is 8.22. The molecule has 24 heavy (non-hydrogen) atoms. The van der Waals surface area contributed by atoms with Crippen molar-refractivity contribution in [3.8, 4) is 0 Å². The molecule has 1 aromatic heterocycles. The second-order valence-corrected chi connectivity index (χ2v) is 5.75. The van der Waals surface area contributed by atoms with E-state index in [4.69, 9.17) is 16.3 Å². The summed E-state index contributed by atoms with van der Waals surface area (Å²) >= 11 is 5.96. The second kappa shape index (κ2) is 10.1. The minimum atomic E-state index is 0.0767. The predicted octanol–water partition coefficient (Wildman–Crippen LogP) is 3.41. The van der Waals surface area contributed by atoms with Gasteiger partial charge in [-0.15, -0.1) is 0 Å². The van der Waals surface area contributed by atoms with Crippen LogP contribution in [0.4, 0.5) is 11.9 Å². The van der Waals surface area contributed by atoms with Gasteiger partial charge in [0.1, 0.15) is 0 Å². The molecule has 0 radical (unpaired) electrons. The van der Waals surface area contributed by atoms with Crippen molar-refractivity contribution >= 4 is 23.5 Å². The van der Waals surface area contributed by atoms with E-state index in [9.17, 15) is 0 Å². The van der Waals surface area contributed by atoms with Gasteiger partial charge in [0.25, 0.3) is 0 Å². The third-order valence-corrected chi connectivity index (χ3v) is 3.54. The van der Waals surface area contributed by atoms with Crippen LogP contribution in [0.5, 0.6) is 0 Å². The Morgan fingerprint density at radius 3 is 2.50 bits per heavy atom. The van der Waals surface area contributed by atoms with Crippen LogP contribution in [0.2, 0.25) is 5.28 Å². The number of halogens is 1. The van der Waals surface area contributed by atoms with Crippen LogP contribution < -0.4 is 10.6 Å². The van der Waals surface area contributed by atoms with E-state index in [0.29, 0.717) is 25.0 Å². The van der Waals surface area contributed by atoms with Gasteiger partial charge in [-0.1, -0.05) is 30.3 Å². The summed E-state index contributed by atoms with van der Waals surface area (Å²) in [4.78, 5) is 12.5. The number of anilines is 2. The molecule has 1 unspecified atom stereocenters. The average Bonchev–Trinajstić information content (AvgIpc) is 2.58. The Kier molecular flexibility index (Phi) is 7.71. The molecule has 1 heterocycles. The maximum atomic E-state index is 5.96. The molecule has 0 saturated carbocycles. The molecule has 0 aliphatic rings. The van der Waals surface area contributed by atoms with E-state index in [-0.39, 0.29) is 11.4 Å². The Labute approximate surface area is 148 Å². The van der Waals surface area contributed by atoms with E-state index >= 15 is 0 Å². The average molecular weight is 350 g/mol. The van der Waals surface area contributed by atoms with Crippen molar-refractivity contribution in [3.05, 3.63) is 41.2 Å². The molecule has 6 nitrogen and oxygen atoms in total. The molecule has 2 aromatic rings. The van der Waals surface area contributed by atoms with Gasteiger partial charge >= 0.3 is 0 Å². The number of hydrogen-bond acceptors (Lipinski definition) is 6. The van der Waals surface area contributed by atoms with Crippen LogP contribution in [0.15, 0.2) is 30.3 Å². The molecule has 0 aliphatic carbocycles. The number of nitrogens with zero attached hydrogens (tertiary/aromatic N) is 3. The van der Waals surface area contributed by atoms with Crippen LogP contribution in [-0.4, -0.2) is 40.8 Å². The molecule has 0 aliphatic heterocycles. The van der Waals surface area contributed by atoms with Crippen LogP contribution in [0.3, 0.4) is 0 Å². The highest BCUT2D eigenvalue weighted by atomic mass is 35.5. The summed E-state index contributed by atoms with van der Waals surface area (Å²) in [5, 5.41) is 6.47. The van der Waals surface area contributed by atoms with Gasteiger partial charge in [-0.3, -0.25) is 0 Å². The topological polar surface area (TPSA) is 72.0 Å². The third-order valence-electron chi connectivity index (χ3n) is 3.38. The van der Waals surface area contributed by atoms with Crippen molar-refractivity contribution < 1.29 is 4.74 Å². The van der Waals surface area contributed by atoms with E-state index < -0.39 is 0 Å². The molecule has 1 aromatic carbocycles. The number of nitrogens with one attached hydrogen (secondary N) is 2. The largest absolute Gasteiger partial charge is 0.377 e. The fourth-order valence-electron chi connectivity index (χ4n) is 2.22. The summed E-state index contributed by atoms with van der Waals surface area (Å²) in [5.74, 6) is 0.932. The Hall–Kier alpha value is -1.92. The highest BCUT2D eigenvalue weighted by molar-refractivity contribution is 6.28. The van der Waals surface area contributed by atoms with Gasteiger partial charge in [-0.05, 0) is 43.9 Å². The SMILES string of the molecule is CCOC(C)CNc1nc(Cl)nc(NCCCc2ccccc2)n1. The summed E-state index contributed by atoms with van der Waals surface area (Å²) in [6.45, 7) is 6.01. The summed E-state index contributed by atoms with van der Waals surface area (Å²) in [7, 11) is 0. The van der Waals surface area contributed by atoms with E-state index in [1.165, 1.54) is 5.56 Å². The summed E-state index contributed by atoms with van der Waals surface area (Å²) < 4.78 is 5.46. The zero-order chi connectivity index (χ0) is 17.2. The van der Waals surface area contributed by atoms with Crippen LogP contribution in [-0.2, 0) is 11.2 Å². The zero-order valence-corrected chi connectivity index (χ0v) is 14.9. The first-order chi connectivity index (χ1) is 11.7. The number of aromatic nitrogens is 3. The molecule has 2 N–H and O–H groups in total. The first-order valence-corrected chi connectivity index (χ1v) is 8.60. The lowest BCUT2D eigenvalue weighted by molar-refractivity contribution is 0.0854. The molecule has 0 saturated heterocycles. The van der Waals surface area contributed by atoms with Crippen molar-refractivity contribution in [1.29, 1.82) is 0 Å². The number of benzene rings is 1. The van der Waals surface area contributed by atoms with Gasteiger partial charge in [0.05, 0.1) is 6.10 Å². The second-order valence-electron chi connectivity index (χ2n) is 5.41. The summed E-state index contributed by atoms with van der Waals surface area (Å²) in [5.41, 5.74) is 1.32. The quantitative estimate of drug-likeness (QED) is 0.640. The minimum Gasteiger partial charge on any atom is -0.377 e. The Balaban J connectivity index is 1.79. The number of aryl methyl sites for hydroxylation is 1. The van der Waals surface area contributed by atoms with Crippen molar-refractivity contribution in [2.75, 3.05) is 30.3 Å².